The van der Waals surface area contributed by atoms with Gasteiger partial charge in [-0.3, -0.25) is 4.90 Å². The van der Waals surface area contributed by atoms with Crippen LogP contribution in [0.3, 0.4) is 0 Å². The van der Waals surface area contributed by atoms with Crippen LogP contribution in [0.2, 0.25) is 0 Å². The number of hydrogen-bond donors (Lipinski definition) is 1. The maximum absolute atomic E-state index is 5.80. The maximum atomic E-state index is 5.80. The molecule has 0 atom stereocenters. The second-order valence-electron chi connectivity index (χ2n) is 4.98. The predicted octanol–water partition coefficient (Wildman–Crippen LogP) is 3.40. The van der Waals surface area contributed by atoms with Crippen molar-refractivity contribution in [3.8, 4) is 0 Å². The van der Waals surface area contributed by atoms with Crippen LogP contribution in [0.1, 0.15) is 44.7 Å². The van der Waals surface area contributed by atoms with E-state index in [1.54, 1.807) is 0 Å². The molecule has 102 valence electrons. The molecule has 2 nitrogen and oxygen atoms in total. The SMILES string of the molecule is CCC(CC)CN(CC)Cc1ccccc1CN. The van der Waals surface area contributed by atoms with Crippen LogP contribution in [-0.2, 0) is 13.1 Å². The second kappa shape index (κ2) is 8.28. The molecule has 0 radical (unpaired) electrons. The first-order valence-electron chi connectivity index (χ1n) is 7.24. The Morgan fingerprint density at radius 1 is 1.06 bits per heavy atom. The molecule has 0 spiro atoms. The third kappa shape index (κ3) is 4.43. The number of hydrogen-bond acceptors (Lipinski definition) is 2. The molecule has 2 heteroatoms. The van der Waals surface area contributed by atoms with Crippen molar-refractivity contribution in [2.24, 2.45) is 11.7 Å². The Hall–Kier alpha value is -0.860. The zero-order valence-electron chi connectivity index (χ0n) is 12.2. The van der Waals surface area contributed by atoms with E-state index in [1.807, 2.05) is 0 Å². The molecule has 1 rings (SSSR count). The molecular formula is C16H28N2. The molecule has 2 N–H and O–H groups in total. The number of rotatable bonds is 8. The van der Waals surface area contributed by atoms with Gasteiger partial charge in [0.1, 0.15) is 0 Å². The third-order valence-electron chi connectivity index (χ3n) is 3.85. The van der Waals surface area contributed by atoms with E-state index in [2.05, 4.69) is 49.9 Å². The molecule has 0 aliphatic rings. The summed E-state index contributed by atoms with van der Waals surface area (Å²) >= 11 is 0. The lowest BCUT2D eigenvalue weighted by molar-refractivity contribution is 0.226. The van der Waals surface area contributed by atoms with E-state index in [-0.39, 0.29) is 0 Å². The van der Waals surface area contributed by atoms with Crippen molar-refractivity contribution < 1.29 is 0 Å². The Morgan fingerprint density at radius 2 is 1.67 bits per heavy atom. The largest absolute Gasteiger partial charge is 0.326 e. The maximum Gasteiger partial charge on any atom is 0.0236 e. The first kappa shape index (κ1) is 15.2. The zero-order valence-corrected chi connectivity index (χ0v) is 12.2. The summed E-state index contributed by atoms with van der Waals surface area (Å²) in [6, 6.07) is 8.53. The summed E-state index contributed by atoms with van der Waals surface area (Å²) in [5.74, 6) is 0.815. The van der Waals surface area contributed by atoms with Gasteiger partial charge in [0.25, 0.3) is 0 Å². The van der Waals surface area contributed by atoms with Crippen molar-refractivity contribution >= 4 is 0 Å². The summed E-state index contributed by atoms with van der Waals surface area (Å²) in [5.41, 5.74) is 8.46. The normalized spacial score (nSPS) is 11.4. The summed E-state index contributed by atoms with van der Waals surface area (Å²) in [6.45, 7) is 10.8. The van der Waals surface area contributed by atoms with Crippen LogP contribution in [-0.4, -0.2) is 18.0 Å². The highest BCUT2D eigenvalue weighted by Gasteiger charge is 2.11. The van der Waals surface area contributed by atoms with Crippen LogP contribution in [0.15, 0.2) is 24.3 Å². The van der Waals surface area contributed by atoms with Gasteiger partial charge in [-0.05, 0) is 23.6 Å². The Balaban J connectivity index is 2.67. The second-order valence-corrected chi connectivity index (χ2v) is 4.98. The quantitative estimate of drug-likeness (QED) is 0.764. The summed E-state index contributed by atoms with van der Waals surface area (Å²) in [4.78, 5) is 2.53. The van der Waals surface area contributed by atoms with Gasteiger partial charge < -0.3 is 5.73 Å². The van der Waals surface area contributed by atoms with Gasteiger partial charge >= 0.3 is 0 Å². The van der Waals surface area contributed by atoms with Gasteiger partial charge in [-0.1, -0.05) is 57.9 Å². The molecule has 0 amide bonds. The van der Waals surface area contributed by atoms with Crippen molar-refractivity contribution in [1.82, 2.24) is 4.90 Å². The van der Waals surface area contributed by atoms with Gasteiger partial charge in [0.15, 0.2) is 0 Å². The molecule has 1 aromatic carbocycles. The molecule has 18 heavy (non-hydrogen) atoms. The van der Waals surface area contributed by atoms with Gasteiger partial charge in [-0.15, -0.1) is 0 Å². The van der Waals surface area contributed by atoms with Crippen molar-refractivity contribution in [2.75, 3.05) is 13.1 Å². The fraction of sp³-hybridized carbons (Fsp3) is 0.625. The monoisotopic (exact) mass is 248 g/mol. The molecule has 0 heterocycles. The predicted molar refractivity (Wildman–Crippen MR) is 79.4 cm³/mol. The molecule has 0 fully saturated rings. The van der Waals surface area contributed by atoms with Crippen LogP contribution >= 0.6 is 0 Å². The molecule has 0 unspecified atom stereocenters. The Bertz CT molecular complexity index is 332. The lowest BCUT2D eigenvalue weighted by Crippen LogP contribution is -2.29. The average Bonchev–Trinajstić information content (AvgIpc) is 2.43. The first-order valence-corrected chi connectivity index (χ1v) is 7.24. The molecule has 1 aromatic rings. The fourth-order valence-corrected chi connectivity index (χ4v) is 2.37. The van der Waals surface area contributed by atoms with Gasteiger partial charge in [0.2, 0.25) is 0 Å². The van der Waals surface area contributed by atoms with Crippen LogP contribution < -0.4 is 5.73 Å². The van der Waals surface area contributed by atoms with E-state index in [1.165, 1.54) is 30.5 Å². The van der Waals surface area contributed by atoms with E-state index < -0.39 is 0 Å². The van der Waals surface area contributed by atoms with Gasteiger partial charge in [0, 0.05) is 19.6 Å². The standard InChI is InChI=1S/C16H28N2/c1-4-14(5-2)12-18(6-3)13-16-10-8-7-9-15(16)11-17/h7-10,14H,4-6,11-13,17H2,1-3H3. The third-order valence-corrected chi connectivity index (χ3v) is 3.85. The minimum Gasteiger partial charge on any atom is -0.326 e. The van der Waals surface area contributed by atoms with E-state index in [4.69, 9.17) is 5.73 Å². The van der Waals surface area contributed by atoms with Crippen LogP contribution in [0, 0.1) is 5.92 Å². The highest BCUT2D eigenvalue weighted by atomic mass is 15.1. The van der Waals surface area contributed by atoms with Crippen LogP contribution in [0.5, 0.6) is 0 Å². The topological polar surface area (TPSA) is 29.3 Å². The highest BCUT2D eigenvalue weighted by molar-refractivity contribution is 5.26. The van der Waals surface area contributed by atoms with E-state index in [9.17, 15) is 0 Å². The fourth-order valence-electron chi connectivity index (χ4n) is 2.37. The van der Waals surface area contributed by atoms with Crippen molar-refractivity contribution in [3.63, 3.8) is 0 Å². The molecular weight excluding hydrogens is 220 g/mol. The molecule has 0 saturated heterocycles. The van der Waals surface area contributed by atoms with E-state index in [0.717, 1.165) is 19.0 Å². The minimum atomic E-state index is 0.638. The molecule has 0 aromatic heterocycles. The van der Waals surface area contributed by atoms with Crippen LogP contribution in [0.4, 0.5) is 0 Å². The summed E-state index contributed by atoms with van der Waals surface area (Å²) in [6.07, 6.45) is 2.54. The smallest absolute Gasteiger partial charge is 0.0236 e. The Kier molecular flexibility index (Phi) is 6.99. The molecule has 0 bridgehead atoms. The van der Waals surface area contributed by atoms with Crippen molar-refractivity contribution in [2.45, 2.75) is 46.7 Å². The Morgan fingerprint density at radius 3 is 2.17 bits per heavy atom. The van der Waals surface area contributed by atoms with Crippen molar-refractivity contribution in [1.29, 1.82) is 0 Å². The van der Waals surface area contributed by atoms with Gasteiger partial charge in [-0.2, -0.15) is 0 Å². The number of benzene rings is 1. The zero-order chi connectivity index (χ0) is 13.4. The summed E-state index contributed by atoms with van der Waals surface area (Å²) < 4.78 is 0. The minimum absolute atomic E-state index is 0.638. The summed E-state index contributed by atoms with van der Waals surface area (Å²) in [5, 5.41) is 0. The van der Waals surface area contributed by atoms with Crippen LogP contribution in [0.25, 0.3) is 0 Å². The number of nitrogens with zero attached hydrogens (tertiary/aromatic N) is 1. The highest BCUT2D eigenvalue weighted by Crippen LogP contribution is 2.15. The van der Waals surface area contributed by atoms with Gasteiger partial charge in [0.05, 0.1) is 0 Å². The first-order chi connectivity index (χ1) is 8.74. The summed E-state index contributed by atoms with van der Waals surface area (Å²) in [7, 11) is 0. The Labute approximate surface area is 112 Å². The van der Waals surface area contributed by atoms with Gasteiger partial charge in [-0.25, -0.2) is 0 Å². The van der Waals surface area contributed by atoms with E-state index >= 15 is 0 Å². The average molecular weight is 248 g/mol. The molecule has 0 aliphatic carbocycles. The lowest BCUT2D eigenvalue weighted by atomic mass is 10.0. The number of nitrogens with two attached hydrogens (primary N) is 1. The van der Waals surface area contributed by atoms with Crippen molar-refractivity contribution in [3.05, 3.63) is 35.4 Å². The van der Waals surface area contributed by atoms with E-state index in [0.29, 0.717) is 6.54 Å². The lowest BCUT2D eigenvalue weighted by Gasteiger charge is -2.26. The molecule has 0 aliphatic heterocycles. The molecule has 0 saturated carbocycles.